The molecule has 1 aromatic heterocycles. The Bertz CT molecular complexity index is 1400. The van der Waals surface area contributed by atoms with Crippen molar-refractivity contribution >= 4 is 61.3 Å². The van der Waals surface area contributed by atoms with Crippen molar-refractivity contribution in [2.24, 2.45) is 0 Å². The molecule has 0 saturated carbocycles. The first kappa shape index (κ1) is 19.4. The fourth-order valence-corrected chi connectivity index (χ4v) is 4.65. The average Bonchev–Trinajstić information content (AvgIpc) is 3.23. The average molecular weight is 440 g/mol. The molecule has 5 aromatic rings. The highest BCUT2D eigenvalue weighted by molar-refractivity contribution is 7.80. The maximum Gasteiger partial charge on any atom is 0.258 e. The normalized spacial score (nSPS) is 10.8. The number of nitrogens with one attached hydrogen (secondary N) is 2. The minimum atomic E-state index is -0.239. The van der Waals surface area contributed by atoms with Gasteiger partial charge in [0.05, 0.1) is 10.2 Å². The molecule has 1 heterocycles. The van der Waals surface area contributed by atoms with Gasteiger partial charge in [0.2, 0.25) is 0 Å². The first-order chi connectivity index (χ1) is 15.2. The highest BCUT2D eigenvalue weighted by Crippen LogP contribution is 2.31. The fraction of sp³-hybridized carbons (Fsp3) is 0. The van der Waals surface area contributed by atoms with Gasteiger partial charge in [0.15, 0.2) is 5.11 Å². The number of thiocarbonyl (C=S) groups is 1. The van der Waals surface area contributed by atoms with Crippen LogP contribution in [0.3, 0.4) is 0 Å². The lowest BCUT2D eigenvalue weighted by molar-refractivity contribution is 0.0979. The molecule has 0 radical (unpaired) electrons. The summed E-state index contributed by atoms with van der Waals surface area (Å²) in [6.07, 6.45) is 0. The summed E-state index contributed by atoms with van der Waals surface area (Å²) in [7, 11) is 0. The van der Waals surface area contributed by atoms with E-state index in [0.29, 0.717) is 5.56 Å². The third-order valence-corrected chi connectivity index (χ3v) is 6.21. The van der Waals surface area contributed by atoms with Crippen LogP contribution in [0.4, 0.5) is 5.69 Å². The third-order valence-electron chi connectivity index (χ3n) is 4.92. The molecule has 0 saturated heterocycles. The smallest absolute Gasteiger partial charge is 0.258 e. The fourth-order valence-electron chi connectivity index (χ4n) is 3.48. The Kier molecular flexibility index (Phi) is 5.16. The second-order valence-corrected chi connectivity index (χ2v) is 8.44. The molecule has 0 spiro atoms. The number of benzene rings is 4. The van der Waals surface area contributed by atoms with Gasteiger partial charge in [-0.05, 0) is 53.3 Å². The van der Waals surface area contributed by atoms with Crippen molar-refractivity contribution in [3.8, 4) is 10.6 Å². The largest absolute Gasteiger partial charge is 0.332 e. The van der Waals surface area contributed by atoms with E-state index < -0.39 is 0 Å². The van der Waals surface area contributed by atoms with E-state index >= 15 is 0 Å². The molecule has 5 rings (SSSR count). The summed E-state index contributed by atoms with van der Waals surface area (Å²) in [6, 6.07) is 29.4. The Morgan fingerprint density at radius 1 is 0.871 bits per heavy atom. The van der Waals surface area contributed by atoms with E-state index in [1.807, 2.05) is 78.9 Å². The number of thiazole rings is 1. The highest BCUT2D eigenvalue weighted by Gasteiger charge is 2.12. The van der Waals surface area contributed by atoms with Gasteiger partial charge < -0.3 is 5.32 Å². The number of carbonyl (C=O) groups is 1. The van der Waals surface area contributed by atoms with Crippen molar-refractivity contribution in [3.05, 3.63) is 96.6 Å². The second kappa shape index (κ2) is 8.26. The van der Waals surface area contributed by atoms with Gasteiger partial charge in [0, 0.05) is 16.8 Å². The van der Waals surface area contributed by atoms with Crippen LogP contribution in [0.5, 0.6) is 0 Å². The van der Waals surface area contributed by atoms with Crippen molar-refractivity contribution in [3.63, 3.8) is 0 Å². The van der Waals surface area contributed by atoms with Gasteiger partial charge in [-0.15, -0.1) is 11.3 Å². The molecule has 4 aromatic carbocycles. The summed E-state index contributed by atoms with van der Waals surface area (Å²) >= 11 is 7.04. The van der Waals surface area contributed by atoms with Gasteiger partial charge in [-0.25, -0.2) is 4.98 Å². The molecular formula is C25H17N3OS2. The molecule has 0 aliphatic heterocycles. The summed E-state index contributed by atoms with van der Waals surface area (Å²) in [5.74, 6) is -0.239. The summed E-state index contributed by atoms with van der Waals surface area (Å²) in [5.41, 5.74) is 3.36. The summed E-state index contributed by atoms with van der Waals surface area (Å²) in [6.45, 7) is 0. The molecule has 0 fully saturated rings. The van der Waals surface area contributed by atoms with Crippen molar-refractivity contribution in [2.45, 2.75) is 0 Å². The zero-order valence-corrected chi connectivity index (χ0v) is 18.0. The van der Waals surface area contributed by atoms with Crippen molar-refractivity contribution in [2.75, 3.05) is 5.32 Å². The van der Waals surface area contributed by atoms with E-state index in [1.54, 1.807) is 17.4 Å². The molecule has 0 atom stereocenters. The van der Waals surface area contributed by atoms with Crippen LogP contribution in [-0.4, -0.2) is 16.0 Å². The maximum absolute atomic E-state index is 12.8. The predicted octanol–water partition coefficient (Wildman–Crippen LogP) is 6.24. The van der Waals surface area contributed by atoms with Gasteiger partial charge in [-0.2, -0.15) is 0 Å². The Balaban J connectivity index is 1.33. The zero-order valence-electron chi connectivity index (χ0n) is 16.3. The lowest BCUT2D eigenvalue weighted by Gasteiger charge is -2.11. The van der Waals surface area contributed by atoms with Gasteiger partial charge in [0.1, 0.15) is 5.01 Å². The Morgan fingerprint density at radius 3 is 2.55 bits per heavy atom. The van der Waals surface area contributed by atoms with Crippen LogP contribution < -0.4 is 10.6 Å². The number of nitrogens with zero attached hydrogens (tertiary/aromatic N) is 1. The first-order valence-electron chi connectivity index (χ1n) is 9.73. The molecule has 0 unspecified atom stereocenters. The number of amides is 1. The van der Waals surface area contributed by atoms with Gasteiger partial charge in [-0.1, -0.05) is 60.7 Å². The molecule has 31 heavy (non-hydrogen) atoms. The Labute approximate surface area is 188 Å². The van der Waals surface area contributed by atoms with Gasteiger partial charge in [0.25, 0.3) is 5.91 Å². The summed E-state index contributed by atoms with van der Waals surface area (Å²) < 4.78 is 1.15. The number of aromatic nitrogens is 1. The maximum atomic E-state index is 12.8. The number of carbonyl (C=O) groups excluding carboxylic acids is 1. The van der Waals surface area contributed by atoms with Crippen LogP contribution in [0.25, 0.3) is 31.6 Å². The molecule has 0 bridgehead atoms. The van der Waals surface area contributed by atoms with E-state index in [9.17, 15) is 4.79 Å². The number of rotatable bonds is 3. The lowest BCUT2D eigenvalue weighted by atomic mass is 10.0. The van der Waals surface area contributed by atoms with Crippen LogP contribution in [0, 0.1) is 0 Å². The molecule has 2 N–H and O–H groups in total. The molecule has 6 heteroatoms. The molecule has 0 aliphatic carbocycles. The third kappa shape index (κ3) is 4.03. The second-order valence-electron chi connectivity index (χ2n) is 7.00. The number of fused-ring (bicyclic) bond motifs is 2. The topological polar surface area (TPSA) is 54.0 Å². The summed E-state index contributed by atoms with van der Waals surface area (Å²) in [4.78, 5) is 17.5. The van der Waals surface area contributed by atoms with E-state index in [-0.39, 0.29) is 11.0 Å². The quantitative estimate of drug-likeness (QED) is 0.327. The van der Waals surface area contributed by atoms with Crippen LogP contribution in [-0.2, 0) is 0 Å². The minimum Gasteiger partial charge on any atom is -0.332 e. The molecule has 0 aliphatic rings. The molecular weight excluding hydrogens is 422 g/mol. The van der Waals surface area contributed by atoms with Crippen molar-refractivity contribution in [1.29, 1.82) is 0 Å². The number of anilines is 1. The minimum absolute atomic E-state index is 0.239. The number of para-hydroxylation sites is 1. The van der Waals surface area contributed by atoms with Crippen LogP contribution in [0.1, 0.15) is 10.4 Å². The molecule has 4 nitrogen and oxygen atoms in total. The molecule has 150 valence electrons. The van der Waals surface area contributed by atoms with Crippen LogP contribution in [0.2, 0.25) is 0 Å². The van der Waals surface area contributed by atoms with Gasteiger partial charge >= 0.3 is 0 Å². The van der Waals surface area contributed by atoms with E-state index in [4.69, 9.17) is 17.2 Å². The number of hydrogen-bond acceptors (Lipinski definition) is 4. The number of hydrogen-bond donors (Lipinski definition) is 2. The lowest BCUT2D eigenvalue weighted by Crippen LogP contribution is -2.34. The van der Waals surface area contributed by atoms with E-state index in [2.05, 4.69) is 16.7 Å². The standard InChI is InChI=1S/C25H17N3OS2/c29-23(20-12-6-8-16-7-1-2-11-19(16)20)28-25(30)26-18-10-5-9-17(15-18)24-27-21-13-3-4-14-22(21)31-24/h1-15H,(H2,26,28,29,30). The Morgan fingerprint density at radius 2 is 1.65 bits per heavy atom. The highest BCUT2D eigenvalue weighted by atomic mass is 32.1. The molecule has 1 amide bonds. The first-order valence-corrected chi connectivity index (χ1v) is 11.0. The van der Waals surface area contributed by atoms with E-state index in [0.717, 1.165) is 37.2 Å². The van der Waals surface area contributed by atoms with Crippen molar-refractivity contribution < 1.29 is 4.79 Å². The van der Waals surface area contributed by atoms with Gasteiger partial charge in [-0.3, -0.25) is 10.1 Å². The zero-order chi connectivity index (χ0) is 21.2. The van der Waals surface area contributed by atoms with Crippen LogP contribution >= 0.6 is 23.6 Å². The van der Waals surface area contributed by atoms with E-state index in [1.165, 1.54) is 0 Å². The SMILES string of the molecule is O=C(NC(=S)Nc1cccc(-c2nc3ccccc3s2)c1)c1cccc2ccccc12. The van der Waals surface area contributed by atoms with Crippen molar-refractivity contribution in [1.82, 2.24) is 10.3 Å². The Hall–Kier alpha value is -3.61. The monoisotopic (exact) mass is 439 g/mol. The summed E-state index contributed by atoms with van der Waals surface area (Å²) in [5, 5.41) is 8.99. The predicted molar refractivity (Wildman–Crippen MR) is 133 cm³/mol. The van der Waals surface area contributed by atoms with Crippen LogP contribution in [0.15, 0.2) is 91.0 Å².